The lowest BCUT2D eigenvalue weighted by atomic mass is 10.2. The van der Waals surface area contributed by atoms with Crippen molar-refractivity contribution in [1.29, 1.82) is 0 Å². The number of aromatic nitrogens is 3. The number of benzene rings is 2. The summed E-state index contributed by atoms with van der Waals surface area (Å²) in [5.41, 5.74) is 2.08. The number of rotatable bonds is 5. The first kappa shape index (κ1) is 21.1. The van der Waals surface area contributed by atoms with Crippen molar-refractivity contribution in [2.45, 2.75) is 23.7 Å². The Morgan fingerprint density at radius 3 is 2.34 bits per heavy atom. The zero-order valence-electron chi connectivity index (χ0n) is 17.3. The van der Waals surface area contributed by atoms with Crippen LogP contribution in [0.4, 0.5) is 0 Å². The predicted molar refractivity (Wildman–Crippen MR) is 119 cm³/mol. The second-order valence-corrected chi connectivity index (χ2v) is 10.4. The molecule has 0 unspecified atom stereocenters. The van der Waals surface area contributed by atoms with Gasteiger partial charge < -0.3 is 4.90 Å². The predicted octanol–water partition coefficient (Wildman–Crippen LogP) is 2.94. The number of hydrogen-bond acceptors (Lipinski definition) is 5. The molecule has 8 nitrogen and oxygen atoms in total. The zero-order valence-corrected chi connectivity index (χ0v) is 18.8. The summed E-state index contributed by atoms with van der Waals surface area (Å²) in [5, 5.41) is 8.86. The molecule has 0 radical (unpaired) electrons. The van der Waals surface area contributed by atoms with Gasteiger partial charge in [-0.3, -0.25) is 4.79 Å². The Morgan fingerprint density at radius 2 is 1.69 bits per heavy atom. The third-order valence-corrected chi connectivity index (χ3v) is 7.96. The topological polar surface area (TPSA) is 88.4 Å². The Morgan fingerprint density at radius 1 is 0.969 bits per heavy atom. The van der Waals surface area contributed by atoms with E-state index in [1.807, 2.05) is 30.3 Å². The molecular formula is C22H22ClN5O3S. The summed E-state index contributed by atoms with van der Waals surface area (Å²) in [7, 11) is -3.66. The van der Waals surface area contributed by atoms with Gasteiger partial charge in [0.15, 0.2) is 5.69 Å². The van der Waals surface area contributed by atoms with Gasteiger partial charge in [-0.15, -0.1) is 5.10 Å². The zero-order chi connectivity index (χ0) is 22.3. The molecule has 166 valence electrons. The molecule has 1 aromatic heterocycles. The van der Waals surface area contributed by atoms with Gasteiger partial charge >= 0.3 is 0 Å². The molecule has 1 saturated carbocycles. The molecule has 2 fully saturated rings. The molecule has 0 atom stereocenters. The number of carbonyl (C=O) groups excluding carboxylic acids is 1. The first-order valence-corrected chi connectivity index (χ1v) is 12.3. The van der Waals surface area contributed by atoms with Crippen LogP contribution in [0.3, 0.4) is 0 Å². The number of carbonyl (C=O) groups is 1. The maximum atomic E-state index is 13.3. The molecule has 2 aliphatic rings. The van der Waals surface area contributed by atoms with Crippen LogP contribution in [0.25, 0.3) is 5.69 Å². The maximum absolute atomic E-state index is 13.3. The monoisotopic (exact) mass is 471 g/mol. The van der Waals surface area contributed by atoms with Crippen molar-refractivity contribution in [2.75, 3.05) is 26.2 Å². The van der Waals surface area contributed by atoms with E-state index in [2.05, 4.69) is 10.3 Å². The summed E-state index contributed by atoms with van der Waals surface area (Å²) in [4.78, 5) is 15.1. The van der Waals surface area contributed by atoms with Crippen LogP contribution in [0, 0.1) is 0 Å². The maximum Gasteiger partial charge on any atom is 0.276 e. The first-order valence-electron chi connectivity index (χ1n) is 10.5. The van der Waals surface area contributed by atoms with Gasteiger partial charge in [-0.05, 0) is 43.2 Å². The third-order valence-electron chi connectivity index (χ3n) is 5.83. The minimum Gasteiger partial charge on any atom is -0.335 e. The van der Waals surface area contributed by atoms with E-state index in [0.717, 1.165) is 24.2 Å². The molecule has 3 aromatic rings. The summed E-state index contributed by atoms with van der Waals surface area (Å²) in [6.45, 7) is 1.01. The van der Waals surface area contributed by atoms with Crippen molar-refractivity contribution in [3.63, 3.8) is 0 Å². The molecule has 32 heavy (non-hydrogen) atoms. The second kappa shape index (κ2) is 8.31. The van der Waals surface area contributed by atoms with Crippen LogP contribution in [0.5, 0.6) is 0 Å². The molecule has 1 amide bonds. The third kappa shape index (κ3) is 3.92. The lowest BCUT2D eigenvalue weighted by Gasteiger charge is -2.33. The fourth-order valence-corrected chi connectivity index (χ4v) is 5.71. The van der Waals surface area contributed by atoms with E-state index in [-0.39, 0.29) is 29.8 Å². The van der Waals surface area contributed by atoms with Gasteiger partial charge in [0.25, 0.3) is 5.91 Å². The van der Waals surface area contributed by atoms with E-state index in [1.165, 1.54) is 16.4 Å². The molecule has 2 heterocycles. The Kier molecular flexibility index (Phi) is 5.48. The van der Waals surface area contributed by atoms with E-state index < -0.39 is 10.0 Å². The van der Waals surface area contributed by atoms with E-state index in [4.69, 9.17) is 11.6 Å². The number of halogens is 1. The van der Waals surface area contributed by atoms with Gasteiger partial charge in [0.1, 0.15) is 0 Å². The SMILES string of the molecule is O=C(c1nnn(-c2ccccc2)c1C1CC1)N1CCN(S(=O)(=O)c2cccc(Cl)c2)CC1. The van der Waals surface area contributed by atoms with Crippen LogP contribution < -0.4 is 0 Å². The molecule has 0 bridgehead atoms. The summed E-state index contributed by atoms with van der Waals surface area (Å²) in [6.07, 6.45) is 2.01. The lowest BCUT2D eigenvalue weighted by Crippen LogP contribution is -2.50. The highest BCUT2D eigenvalue weighted by Crippen LogP contribution is 2.42. The quantitative estimate of drug-likeness (QED) is 0.570. The van der Waals surface area contributed by atoms with Crippen LogP contribution in [0.2, 0.25) is 5.02 Å². The summed E-state index contributed by atoms with van der Waals surface area (Å²) in [6, 6.07) is 15.9. The molecule has 0 spiro atoms. The number of sulfonamides is 1. The Bertz CT molecular complexity index is 1250. The van der Waals surface area contributed by atoms with Crippen LogP contribution in [-0.4, -0.2) is 64.7 Å². The van der Waals surface area contributed by atoms with Crippen molar-refractivity contribution in [2.24, 2.45) is 0 Å². The highest BCUT2D eigenvalue weighted by atomic mass is 35.5. The van der Waals surface area contributed by atoms with Crippen LogP contribution >= 0.6 is 11.6 Å². The summed E-state index contributed by atoms with van der Waals surface area (Å²) >= 11 is 5.96. The van der Waals surface area contributed by atoms with Crippen LogP contribution in [0.15, 0.2) is 59.5 Å². The highest BCUT2D eigenvalue weighted by molar-refractivity contribution is 7.89. The van der Waals surface area contributed by atoms with Gasteiger partial charge in [0, 0.05) is 37.1 Å². The Hall–Kier alpha value is -2.75. The van der Waals surface area contributed by atoms with Crippen LogP contribution in [0.1, 0.15) is 34.9 Å². The van der Waals surface area contributed by atoms with E-state index >= 15 is 0 Å². The van der Waals surface area contributed by atoms with Crippen molar-refractivity contribution < 1.29 is 13.2 Å². The van der Waals surface area contributed by atoms with Crippen molar-refractivity contribution >= 4 is 27.5 Å². The Balaban J connectivity index is 1.34. The molecule has 5 rings (SSSR count). The summed E-state index contributed by atoms with van der Waals surface area (Å²) < 4.78 is 29.0. The Labute approximate surface area is 191 Å². The number of hydrogen-bond donors (Lipinski definition) is 0. The number of amides is 1. The van der Waals surface area contributed by atoms with Gasteiger partial charge in [0.05, 0.1) is 16.3 Å². The highest BCUT2D eigenvalue weighted by Gasteiger charge is 2.37. The number of piperazine rings is 1. The molecular weight excluding hydrogens is 450 g/mol. The molecule has 1 aliphatic heterocycles. The smallest absolute Gasteiger partial charge is 0.276 e. The fourth-order valence-electron chi connectivity index (χ4n) is 3.98. The van der Waals surface area contributed by atoms with E-state index in [1.54, 1.807) is 21.7 Å². The van der Waals surface area contributed by atoms with Gasteiger partial charge in [0.2, 0.25) is 10.0 Å². The molecule has 1 saturated heterocycles. The lowest BCUT2D eigenvalue weighted by molar-refractivity contribution is 0.0690. The average Bonchev–Trinajstić information content (AvgIpc) is 3.57. The molecule has 2 aromatic carbocycles. The minimum atomic E-state index is -3.66. The van der Waals surface area contributed by atoms with Crippen molar-refractivity contribution in [1.82, 2.24) is 24.2 Å². The number of para-hydroxylation sites is 1. The molecule has 0 N–H and O–H groups in total. The standard InChI is InChI=1S/C22H22ClN5O3S/c23-17-5-4-8-19(15-17)32(30,31)27-13-11-26(12-14-27)22(29)20-21(16-9-10-16)28(25-24-20)18-6-2-1-3-7-18/h1-8,15-16H,9-14H2. The van der Waals surface area contributed by atoms with Crippen LogP contribution in [-0.2, 0) is 10.0 Å². The average molecular weight is 472 g/mol. The molecule has 10 heteroatoms. The number of nitrogens with zero attached hydrogens (tertiary/aromatic N) is 5. The molecule has 1 aliphatic carbocycles. The van der Waals surface area contributed by atoms with Gasteiger partial charge in [-0.1, -0.05) is 41.1 Å². The fraction of sp³-hybridized carbons (Fsp3) is 0.318. The first-order chi connectivity index (χ1) is 15.4. The van der Waals surface area contributed by atoms with E-state index in [0.29, 0.717) is 23.8 Å². The largest absolute Gasteiger partial charge is 0.335 e. The normalized spacial score (nSPS) is 17.5. The van der Waals surface area contributed by atoms with Gasteiger partial charge in [-0.2, -0.15) is 4.31 Å². The van der Waals surface area contributed by atoms with Gasteiger partial charge in [-0.25, -0.2) is 13.1 Å². The summed E-state index contributed by atoms with van der Waals surface area (Å²) in [5.74, 6) is 0.0718. The second-order valence-electron chi connectivity index (χ2n) is 8.00. The van der Waals surface area contributed by atoms with Crippen molar-refractivity contribution in [3.05, 3.63) is 71.0 Å². The minimum absolute atomic E-state index is 0.159. The van der Waals surface area contributed by atoms with E-state index in [9.17, 15) is 13.2 Å². The van der Waals surface area contributed by atoms with Crippen molar-refractivity contribution in [3.8, 4) is 5.69 Å².